The van der Waals surface area contributed by atoms with Gasteiger partial charge in [-0.1, -0.05) is 12.1 Å². The molecule has 0 unspecified atom stereocenters. The Bertz CT molecular complexity index is 738. The van der Waals surface area contributed by atoms with Crippen molar-refractivity contribution in [1.29, 1.82) is 0 Å². The average Bonchev–Trinajstić information content (AvgIpc) is 2.75. The van der Waals surface area contributed by atoms with Crippen molar-refractivity contribution >= 4 is 11.9 Å². The third-order valence-corrected chi connectivity index (χ3v) is 5.13. The molecule has 0 spiro atoms. The Morgan fingerprint density at radius 3 is 2.60 bits per heavy atom. The van der Waals surface area contributed by atoms with Gasteiger partial charge in [0, 0.05) is 11.1 Å². The van der Waals surface area contributed by atoms with Crippen LogP contribution in [0.15, 0.2) is 18.2 Å². The second-order valence-corrected chi connectivity index (χ2v) is 6.81. The monoisotopic (exact) mass is 353 g/mol. The summed E-state index contributed by atoms with van der Waals surface area (Å²) in [6.45, 7) is -0.126. The number of hydrogen-bond donors (Lipinski definition) is 2. The first kappa shape index (κ1) is 15.9. The van der Waals surface area contributed by atoms with E-state index in [1.807, 2.05) is 0 Å². The number of carbonyl (C=O) groups excluding carboxylic acids is 2. The number of rotatable bonds is 5. The standard InChI is InChI=1S/C16H17F2N3O4/c17-16(18)24-11-3-1-2-10(13(11)25-16)8-21(12(22)7-20-14(19)23)15-4-9(5-15)6-15/h1-3,9H,4-8H2,(H3,19,20,23). The lowest BCUT2D eigenvalue weighted by molar-refractivity contribution is -0.287. The number of urea groups is 1. The molecule has 25 heavy (non-hydrogen) atoms. The normalized spacial score (nSPS) is 27.0. The van der Waals surface area contributed by atoms with Crippen molar-refractivity contribution in [2.24, 2.45) is 11.7 Å². The Labute approximate surface area is 142 Å². The molecule has 3 aliphatic carbocycles. The molecule has 4 aliphatic rings. The predicted octanol–water partition coefficient (Wildman–Crippen LogP) is 1.56. The van der Waals surface area contributed by atoms with Gasteiger partial charge < -0.3 is 25.4 Å². The lowest BCUT2D eigenvalue weighted by Crippen LogP contribution is -2.70. The first-order valence-corrected chi connectivity index (χ1v) is 7.99. The van der Waals surface area contributed by atoms with Crippen LogP contribution in [0, 0.1) is 5.92 Å². The molecule has 1 aromatic carbocycles. The molecule has 3 N–H and O–H groups in total. The van der Waals surface area contributed by atoms with E-state index in [1.54, 1.807) is 17.0 Å². The molecule has 0 radical (unpaired) electrons. The van der Waals surface area contributed by atoms with Gasteiger partial charge >= 0.3 is 12.3 Å². The number of alkyl halides is 2. The number of para-hydroxylation sites is 1. The zero-order valence-electron chi connectivity index (χ0n) is 13.3. The fraction of sp³-hybridized carbons (Fsp3) is 0.500. The number of benzene rings is 1. The summed E-state index contributed by atoms with van der Waals surface area (Å²) >= 11 is 0. The fourth-order valence-corrected chi connectivity index (χ4v) is 3.86. The molecule has 1 heterocycles. The number of primary amides is 1. The number of hydrogen-bond acceptors (Lipinski definition) is 4. The largest absolute Gasteiger partial charge is 0.586 e. The van der Waals surface area contributed by atoms with Crippen molar-refractivity contribution in [2.45, 2.75) is 37.6 Å². The van der Waals surface area contributed by atoms with Crippen molar-refractivity contribution in [3.63, 3.8) is 0 Å². The maximum Gasteiger partial charge on any atom is 0.586 e. The maximum atomic E-state index is 13.4. The highest BCUT2D eigenvalue weighted by molar-refractivity contribution is 5.84. The summed E-state index contributed by atoms with van der Waals surface area (Å²) in [5.74, 6) is 0.201. The number of nitrogens with one attached hydrogen (secondary N) is 1. The minimum atomic E-state index is -3.71. The van der Waals surface area contributed by atoms with Gasteiger partial charge in [-0.25, -0.2) is 4.79 Å². The molecule has 0 saturated heterocycles. The smallest absolute Gasteiger partial charge is 0.395 e. The molecule has 3 saturated carbocycles. The van der Waals surface area contributed by atoms with Crippen LogP contribution < -0.4 is 20.5 Å². The van der Waals surface area contributed by atoms with E-state index in [9.17, 15) is 18.4 Å². The van der Waals surface area contributed by atoms with Crippen LogP contribution >= 0.6 is 0 Å². The second kappa shape index (κ2) is 5.21. The van der Waals surface area contributed by atoms with Crippen molar-refractivity contribution in [2.75, 3.05) is 6.54 Å². The van der Waals surface area contributed by atoms with Crippen LogP contribution in [0.25, 0.3) is 0 Å². The molecule has 5 rings (SSSR count). The summed E-state index contributed by atoms with van der Waals surface area (Å²) in [6.07, 6.45) is -1.05. The molecule has 134 valence electrons. The number of carbonyl (C=O) groups is 2. The zero-order chi connectivity index (χ0) is 17.8. The predicted molar refractivity (Wildman–Crippen MR) is 80.9 cm³/mol. The Balaban J connectivity index is 1.57. The third-order valence-electron chi connectivity index (χ3n) is 5.13. The number of amides is 3. The molecule has 1 aromatic rings. The van der Waals surface area contributed by atoms with Crippen LogP contribution in [0.3, 0.4) is 0 Å². The Hall–Kier alpha value is -2.58. The summed E-state index contributed by atoms with van der Waals surface area (Å²) < 4.78 is 35.8. The molecule has 3 fully saturated rings. The van der Waals surface area contributed by atoms with Crippen LogP contribution in [0.2, 0.25) is 0 Å². The zero-order valence-corrected chi connectivity index (χ0v) is 13.3. The summed E-state index contributed by atoms with van der Waals surface area (Å²) in [5, 5.41) is 2.29. The minimum absolute atomic E-state index is 0.0530. The first-order chi connectivity index (χ1) is 11.8. The van der Waals surface area contributed by atoms with Crippen molar-refractivity contribution < 1.29 is 27.8 Å². The van der Waals surface area contributed by atoms with E-state index in [2.05, 4.69) is 14.8 Å². The number of ether oxygens (including phenoxy) is 2. The van der Waals surface area contributed by atoms with Crippen molar-refractivity contribution in [1.82, 2.24) is 10.2 Å². The van der Waals surface area contributed by atoms with Gasteiger partial charge in [0.05, 0.1) is 13.1 Å². The molecule has 3 amide bonds. The highest BCUT2D eigenvalue weighted by Gasteiger charge is 2.61. The topological polar surface area (TPSA) is 93.9 Å². The summed E-state index contributed by atoms with van der Waals surface area (Å²) in [7, 11) is 0. The quantitative estimate of drug-likeness (QED) is 0.840. The molecule has 0 aromatic heterocycles. The van der Waals surface area contributed by atoms with Crippen molar-refractivity contribution in [3.8, 4) is 11.5 Å². The van der Waals surface area contributed by atoms with Gasteiger partial charge in [0.2, 0.25) is 5.91 Å². The van der Waals surface area contributed by atoms with Crippen LogP contribution in [-0.4, -0.2) is 35.2 Å². The minimum Gasteiger partial charge on any atom is -0.395 e. The summed E-state index contributed by atoms with van der Waals surface area (Å²) in [6, 6.07) is 3.80. The van der Waals surface area contributed by atoms with Crippen molar-refractivity contribution in [3.05, 3.63) is 23.8 Å². The molecule has 1 aliphatic heterocycles. The fourth-order valence-electron chi connectivity index (χ4n) is 3.86. The van der Waals surface area contributed by atoms with Crippen LogP contribution in [0.1, 0.15) is 24.8 Å². The number of fused-ring (bicyclic) bond motifs is 1. The maximum absolute atomic E-state index is 13.4. The molecule has 7 nitrogen and oxygen atoms in total. The van der Waals surface area contributed by atoms with E-state index in [0.29, 0.717) is 11.5 Å². The van der Waals surface area contributed by atoms with E-state index in [4.69, 9.17) is 5.73 Å². The van der Waals surface area contributed by atoms with Gasteiger partial charge in [-0.05, 0) is 31.2 Å². The Morgan fingerprint density at radius 2 is 2.00 bits per heavy atom. The van der Waals surface area contributed by atoms with Gasteiger partial charge in [-0.15, -0.1) is 8.78 Å². The van der Waals surface area contributed by atoms with Gasteiger partial charge in [-0.3, -0.25) is 4.79 Å². The van der Waals surface area contributed by atoms with E-state index in [-0.39, 0.29) is 36.0 Å². The van der Waals surface area contributed by atoms with E-state index >= 15 is 0 Å². The number of nitrogens with zero attached hydrogens (tertiary/aromatic N) is 1. The van der Waals surface area contributed by atoms with E-state index < -0.39 is 12.3 Å². The van der Waals surface area contributed by atoms with Crippen LogP contribution in [-0.2, 0) is 11.3 Å². The Morgan fingerprint density at radius 1 is 1.28 bits per heavy atom. The van der Waals surface area contributed by atoms with Gasteiger partial charge in [-0.2, -0.15) is 0 Å². The van der Waals surface area contributed by atoms with E-state index in [0.717, 1.165) is 19.3 Å². The Kier molecular flexibility index (Phi) is 3.32. The SMILES string of the molecule is NC(=O)NCC(=O)N(Cc1cccc2c1OC(F)(F)O2)C12CC(C1)C2. The third kappa shape index (κ3) is 2.63. The van der Waals surface area contributed by atoms with Gasteiger partial charge in [0.25, 0.3) is 0 Å². The summed E-state index contributed by atoms with van der Waals surface area (Å²) in [5.41, 5.74) is 5.20. The first-order valence-electron chi connectivity index (χ1n) is 7.99. The van der Waals surface area contributed by atoms with Crippen LogP contribution in [0.5, 0.6) is 11.5 Å². The molecule has 2 bridgehead atoms. The highest BCUT2D eigenvalue weighted by Crippen LogP contribution is 2.61. The number of halogens is 2. The highest BCUT2D eigenvalue weighted by atomic mass is 19.3. The summed E-state index contributed by atoms with van der Waals surface area (Å²) in [4.78, 5) is 25.1. The van der Waals surface area contributed by atoms with Crippen LogP contribution in [0.4, 0.5) is 13.6 Å². The molecular weight excluding hydrogens is 336 g/mol. The second-order valence-electron chi connectivity index (χ2n) is 6.81. The lowest BCUT2D eigenvalue weighted by atomic mass is 9.49. The lowest BCUT2D eigenvalue weighted by Gasteiger charge is -2.66. The molecule has 0 atom stereocenters. The van der Waals surface area contributed by atoms with Gasteiger partial charge in [0.15, 0.2) is 11.5 Å². The van der Waals surface area contributed by atoms with Gasteiger partial charge in [0.1, 0.15) is 0 Å². The number of nitrogens with two attached hydrogens (primary N) is 1. The molecular formula is C16H17F2N3O4. The van der Waals surface area contributed by atoms with E-state index in [1.165, 1.54) is 6.07 Å². The molecule has 9 heteroatoms. The average molecular weight is 353 g/mol.